The molecule has 0 aliphatic heterocycles. The second-order valence-electron chi connectivity index (χ2n) is 8.24. The van der Waals surface area contributed by atoms with Gasteiger partial charge in [0.15, 0.2) is 0 Å². The number of ether oxygens (including phenoxy) is 5. The first-order valence-electron chi connectivity index (χ1n) is 12.2. The number of methoxy groups -OCH3 is 4. The van der Waals surface area contributed by atoms with Crippen molar-refractivity contribution < 1.29 is 33.3 Å². The molecule has 0 bridgehead atoms. The first-order chi connectivity index (χ1) is 18.5. The molecule has 38 heavy (non-hydrogen) atoms. The monoisotopic (exact) mass is 522 g/mol. The van der Waals surface area contributed by atoms with Crippen molar-refractivity contribution in [2.45, 2.75) is 12.8 Å². The Kier molecular flexibility index (Phi) is 10.7. The van der Waals surface area contributed by atoms with Crippen LogP contribution in [0, 0.1) is 0 Å². The summed E-state index contributed by atoms with van der Waals surface area (Å²) in [5, 5.41) is 5.79. The van der Waals surface area contributed by atoms with E-state index in [1.807, 2.05) is 24.3 Å². The highest BCUT2D eigenvalue weighted by Gasteiger charge is 2.14. The van der Waals surface area contributed by atoms with E-state index in [-0.39, 0.29) is 11.8 Å². The highest BCUT2D eigenvalue weighted by Crippen LogP contribution is 2.25. The molecule has 202 valence electrons. The molecule has 0 fully saturated rings. The van der Waals surface area contributed by atoms with Gasteiger partial charge in [0.25, 0.3) is 11.8 Å². The maximum Gasteiger partial charge on any atom is 0.255 e. The predicted octanol–water partition coefficient (Wildman–Crippen LogP) is 3.89. The molecule has 0 saturated heterocycles. The van der Waals surface area contributed by atoms with E-state index in [0.717, 1.165) is 11.3 Å². The highest BCUT2D eigenvalue weighted by atomic mass is 16.5. The summed E-state index contributed by atoms with van der Waals surface area (Å²) in [5.74, 6) is 2.48. The number of amides is 2. The van der Waals surface area contributed by atoms with Crippen LogP contribution in [-0.2, 0) is 6.42 Å². The Hall–Kier alpha value is -4.40. The van der Waals surface area contributed by atoms with Gasteiger partial charge in [-0.2, -0.15) is 0 Å². The number of benzene rings is 3. The number of nitrogens with one attached hydrogen (secondary N) is 2. The van der Waals surface area contributed by atoms with E-state index >= 15 is 0 Å². The van der Waals surface area contributed by atoms with Gasteiger partial charge in [-0.15, -0.1) is 0 Å². The van der Waals surface area contributed by atoms with Crippen LogP contribution < -0.4 is 34.3 Å². The fourth-order valence-corrected chi connectivity index (χ4v) is 3.70. The summed E-state index contributed by atoms with van der Waals surface area (Å²) in [6.45, 7) is 1.40. The van der Waals surface area contributed by atoms with Gasteiger partial charge in [0, 0.05) is 25.2 Å². The molecule has 2 amide bonds. The Morgan fingerprint density at radius 2 is 1.13 bits per heavy atom. The minimum atomic E-state index is -0.216. The fraction of sp³-hybridized carbons (Fsp3) is 0.310. The molecule has 0 aromatic heterocycles. The molecule has 0 aliphatic carbocycles. The lowest BCUT2D eigenvalue weighted by Crippen LogP contribution is -2.26. The number of hydrogen-bond donors (Lipinski definition) is 2. The lowest BCUT2D eigenvalue weighted by Gasteiger charge is -2.12. The van der Waals surface area contributed by atoms with Crippen molar-refractivity contribution in [2.75, 3.05) is 48.1 Å². The molecule has 0 heterocycles. The largest absolute Gasteiger partial charge is 0.497 e. The second kappa shape index (κ2) is 14.4. The van der Waals surface area contributed by atoms with Gasteiger partial charge in [-0.25, -0.2) is 0 Å². The van der Waals surface area contributed by atoms with E-state index < -0.39 is 0 Å². The van der Waals surface area contributed by atoms with Crippen LogP contribution >= 0.6 is 0 Å². The van der Waals surface area contributed by atoms with E-state index in [1.165, 1.54) is 14.2 Å². The van der Waals surface area contributed by atoms with Gasteiger partial charge in [0.2, 0.25) is 0 Å². The summed E-state index contributed by atoms with van der Waals surface area (Å²) in [5.41, 5.74) is 1.97. The van der Waals surface area contributed by atoms with Crippen molar-refractivity contribution in [3.8, 4) is 28.7 Å². The van der Waals surface area contributed by atoms with Crippen LogP contribution in [0.25, 0.3) is 0 Å². The number of carbonyl (C=O) groups is 2. The van der Waals surface area contributed by atoms with Crippen molar-refractivity contribution in [1.29, 1.82) is 0 Å². The van der Waals surface area contributed by atoms with Crippen LogP contribution in [0.1, 0.15) is 32.7 Å². The van der Waals surface area contributed by atoms with Crippen LogP contribution in [0.4, 0.5) is 0 Å². The van der Waals surface area contributed by atoms with Gasteiger partial charge >= 0.3 is 0 Å². The van der Waals surface area contributed by atoms with Gasteiger partial charge < -0.3 is 34.3 Å². The summed E-state index contributed by atoms with van der Waals surface area (Å²) < 4.78 is 26.7. The number of rotatable bonds is 14. The number of hydrogen-bond acceptors (Lipinski definition) is 7. The van der Waals surface area contributed by atoms with Crippen LogP contribution in [0.15, 0.2) is 60.7 Å². The first-order valence-corrected chi connectivity index (χ1v) is 12.2. The van der Waals surface area contributed by atoms with Crippen molar-refractivity contribution in [3.05, 3.63) is 77.4 Å². The number of carbonyl (C=O) groups excluding carboxylic acids is 2. The van der Waals surface area contributed by atoms with Crippen LogP contribution in [-0.4, -0.2) is 59.9 Å². The lowest BCUT2D eigenvalue weighted by atomic mass is 10.1. The minimum absolute atomic E-state index is 0.206. The molecule has 3 aromatic rings. The maximum absolute atomic E-state index is 12.5. The van der Waals surface area contributed by atoms with Crippen molar-refractivity contribution in [1.82, 2.24) is 10.6 Å². The molecular weight excluding hydrogens is 488 g/mol. The van der Waals surface area contributed by atoms with E-state index in [1.54, 1.807) is 50.6 Å². The normalized spacial score (nSPS) is 10.3. The SMILES string of the molecule is COc1ccc(C(=O)NCCCOc2ccc(CCNC(=O)c3ccc(OC)cc3OC)cc2)c(OC)c1. The molecule has 2 N–H and O–H groups in total. The van der Waals surface area contributed by atoms with Gasteiger partial charge in [-0.05, 0) is 54.8 Å². The zero-order valence-corrected chi connectivity index (χ0v) is 22.2. The van der Waals surface area contributed by atoms with Crippen molar-refractivity contribution in [3.63, 3.8) is 0 Å². The fourth-order valence-electron chi connectivity index (χ4n) is 3.70. The quantitative estimate of drug-likeness (QED) is 0.310. The van der Waals surface area contributed by atoms with Gasteiger partial charge in [0.05, 0.1) is 46.2 Å². The Morgan fingerprint density at radius 3 is 1.63 bits per heavy atom. The summed E-state index contributed by atoms with van der Waals surface area (Å²) in [7, 11) is 6.16. The molecule has 0 radical (unpaired) electrons. The van der Waals surface area contributed by atoms with E-state index in [9.17, 15) is 9.59 Å². The molecule has 0 atom stereocenters. The second-order valence-corrected chi connectivity index (χ2v) is 8.24. The standard InChI is InChI=1S/C29H34N2O7/c1-34-22-10-12-24(26(18-22)36-3)28(32)30-15-5-17-38-21-8-6-20(7-9-21)14-16-31-29(33)25-13-11-23(35-2)19-27(25)37-4/h6-13,18-19H,5,14-17H2,1-4H3,(H,30,32)(H,31,33). The zero-order valence-electron chi connectivity index (χ0n) is 22.2. The average Bonchev–Trinajstić information content (AvgIpc) is 2.96. The third-order valence-corrected chi connectivity index (χ3v) is 5.80. The Labute approximate surface area is 223 Å². The minimum Gasteiger partial charge on any atom is -0.497 e. The summed E-state index contributed by atoms with van der Waals surface area (Å²) in [4.78, 5) is 25.0. The molecule has 3 rings (SSSR count). The highest BCUT2D eigenvalue weighted by molar-refractivity contribution is 5.97. The van der Waals surface area contributed by atoms with E-state index in [0.29, 0.717) is 66.7 Å². The molecule has 0 aliphatic rings. The molecule has 9 heteroatoms. The summed E-state index contributed by atoms with van der Waals surface area (Å²) in [6.07, 6.45) is 1.32. The lowest BCUT2D eigenvalue weighted by molar-refractivity contribution is 0.0941. The molecule has 0 unspecified atom stereocenters. The third kappa shape index (κ3) is 7.80. The van der Waals surface area contributed by atoms with E-state index in [2.05, 4.69) is 10.6 Å². The van der Waals surface area contributed by atoms with Crippen molar-refractivity contribution >= 4 is 11.8 Å². The molecule has 0 spiro atoms. The third-order valence-electron chi connectivity index (χ3n) is 5.80. The van der Waals surface area contributed by atoms with Crippen LogP contribution in [0.5, 0.6) is 28.7 Å². The molecule has 9 nitrogen and oxygen atoms in total. The predicted molar refractivity (Wildman–Crippen MR) is 144 cm³/mol. The first kappa shape index (κ1) is 28.2. The Morgan fingerprint density at radius 1 is 0.632 bits per heavy atom. The smallest absolute Gasteiger partial charge is 0.255 e. The van der Waals surface area contributed by atoms with E-state index in [4.69, 9.17) is 23.7 Å². The maximum atomic E-state index is 12.5. The molecule has 3 aromatic carbocycles. The zero-order chi connectivity index (χ0) is 27.3. The summed E-state index contributed by atoms with van der Waals surface area (Å²) in [6, 6.07) is 17.9. The van der Waals surface area contributed by atoms with Crippen LogP contribution in [0.3, 0.4) is 0 Å². The van der Waals surface area contributed by atoms with Crippen LogP contribution in [0.2, 0.25) is 0 Å². The average molecular weight is 523 g/mol. The van der Waals surface area contributed by atoms with Crippen molar-refractivity contribution in [2.24, 2.45) is 0 Å². The van der Waals surface area contributed by atoms with Gasteiger partial charge in [-0.3, -0.25) is 9.59 Å². The molecular formula is C29H34N2O7. The topological polar surface area (TPSA) is 104 Å². The van der Waals surface area contributed by atoms with Gasteiger partial charge in [-0.1, -0.05) is 12.1 Å². The Balaban J connectivity index is 1.37. The summed E-state index contributed by atoms with van der Waals surface area (Å²) >= 11 is 0. The van der Waals surface area contributed by atoms with Gasteiger partial charge in [0.1, 0.15) is 28.7 Å². The Bertz CT molecular complexity index is 1210. The molecule has 0 saturated carbocycles.